The zero-order valence-corrected chi connectivity index (χ0v) is 14.3. The molecule has 0 aromatic rings. The third-order valence-electron chi connectivity index (χ3n) is 5.92. The minimum atomic E-state index is -0.0405. The molecule has 3 fully saturated rings. The Morgan fingerprint density at radius 2 is 2.00 bits per heavy atom. The van der Waals surface area contributed by atoms with Crippen molar-refractivity contribution in [3.63, 3.8) is 0 Å². The van der Waals surface area contributed by atoms with Crippen molar-refractivity contribution < 1.29 is 5.11 Å². The van der Waals surface area contributed by atoms with Crippen LogP contribution in [0.5, 0.6) is 0 Å². The Morgan fingerprint density at radius 3 is 2.76 bits per heavy atom. The second-order valence-corrected chi connectivity index (χ2v) is 7.57. The zero-order chi connectivity index (χ0) is 13.9. The van der Waals surface area contributed by atoms with Gasteiger partial charge in [0.05, 0.1) is 6.10 Å². The maximum atomic E-state index is 10.4. The normalized spacial score (nSPS) is 41.7. The summed E-state index contributed by atoms with van der Waals surface area (Å²) in [6.45, 7) is 7.29. The van der Waals surface area contributed by atoms with Gasteiger partial charge in [0.25, 0.3) is 0 Å². The van der Waals surface area contributed by atoms with E-state index in [0.717, 1.165) is 18.3 Å². The van der Waals surface area contributed by atoms with E-state index in [0.29, 0.717) is 12.0 Å². The molecule has 1 saturated carbocycles. The molecule has 3 rings (SSSR count). The van der Waals surface area contributed by atoms with Crippen molar-refractivity contribution in [2.24, 2.45) is 17.8 Å². The first kappa shape index (κ1) is 17.5. The molecular formula is C17H33ClN2O. The Labute approximate surface area is 136 Å². The Hall–Kier alpha value is 0.170. The van der Waals surface area contributed by atoms with Crippen LogP contribution in [0.25, 0.3) is 0 Å². The predicted octanol–water partition coefficient (Wildman–Crippen LogP) is 2.67. The first-order valence-electron chi connectivity index (χ1n) is 8.87. The first-order chi connectivity index (χ1) is 9.74. The van der Waals surface area contributed by atoms with Crippen molar-refractivity contribution in [2.75, 3.05) is 26.2 Å². The number of nitrogens with one attached hydrogen (secondary N) is 1. The van der Waals surface area contributed by atoms with E-state index in [-0.39, 0.29) is 18.5 Å². The fourth-order valence-electron chi connectivity index (χ4n) is 4.80. The van der Waals surface area contributed by atoms with E-state index >= 15 is 0 Å². The number of aliphatic hydroxyl groups is 1. The molecule has 4 heteroatoms. The van der Waals surface area contributed by atoms with Crippen LogP contribution in [-0.4, -0.2) is 48.3 Å². The van der Waals surface area contributed by atoms with Crippen LogP contribution in [0, 0.1) is 17.8 Å². The molecule has 0 spiro atoms. The van der Waals surface area contributed by atoms with Gasteiger partial charge in [0.1, 0.15) is 0 Å². The van der Waals surface area contributed by atoms with Crippen LogP contribution < -0.4 is 5.32 Å². The summed E-state index contributed by atoms with van der Waals surface area (Å²) in [6, 6.07) is 0.662. The Morgan fingerprint density at radius 1 is 1.14 bits per heavy atom. The van der Waals surface area contributed by atoms with Gasteiger partial charge in [0, 0.05) is 18.5 Å². The quantitative estimate of drug-likeness (QED) is 0.840. The smallest absolute Gasteiger partial charge is 0.0583 e. The first-order valence-corrected chi connectivity index (χ1v) is 8.87. The van der Waals surface area contributed by atoms with Crippen LogP contribution in [-0.2, 0) is 0 Å². The maximum absolute atomic E-state index is 10.4. The van der Waals surface area contributed by atoms with Crippen LogP contribution in [0.4, 0.5) is 0 Å². The predicted molar refractivity (Wildman–Crippen MR) is 89.9 cm³/mol. The van der Waals surface area contributed by atoms with Crippen molar-refractivity contribution in [1.29, 1.82) is 0 Å². The Bertz CT molecular complexity index is 309. The number of hydrogen-bond donors (Lipinski definition) is 2. The maximum Gasteiger partial charge on any atom is 0.0583 e. The summed E-state index contributed by atoms with van der Waals surface area (Å²) in [5.74, 6) is 2.18. The molecule has 5 unspecified atom stereocenters. The van der Waals surface area contributed by atoms with Crippen molar-refractivity contribution in [3.8, 4) is 0 Å². The van der Waals surface area contributed by atoms with Gasteiger partial charge in [-0.15, -0.1) is 12.4 Å². The average molecular weight is 317 g/mol. The minimum absolute atomic E-state index is 0. The molecule has 2 heterocycles. The molecule has 0 radical (unpaired) electrons. The highest BCUT2D eigenvalue weighted by Crippen LogP contribution is 2.37. The van der Waals surface area contributed by atoms with Crippen molar-refractivity contribution in [3.05, 3.63) is 0 Å². The summed E-state index contributed by atoms with van der Waals surface area (Å²) in [5, 5.41) is 14.0. The number of rotatable bonds is 3. The van der Waals surface area contributed by atoms with E-state index < -0.39 is 0 Å². The fourth-order valence-corrected chi connectivity index (χ4v) is 4.80. The molecule has 2 saturated heterocycles. The van der Waals surface area contributed by atoms with Crippen molar-refractivity contribution >= 4 is 12.4 Å². The summed E-state index contributed by atoms with van der Waals surface area (Å²) in [4.78, 5) is 2.73. The standard InChI is InChI=1S/C17H32N2O.ClH/c1-13-6-7-17(20)15(10-13)16-5-3-9-19(16)12-14-4-2-8-18-11-14;/h13-18,20H,2-12H2,1H3;1H. The highest BCUT2D eigenvalue weighted by Gasteiger charge is 2.39. The molecule has 0 bridgehead atoms. The summed E-state index contributed by atoms with van der Waals surface area (Å²) in [5.41, 5.74) is 0. The lowest BCUT2D eigenvalue weighted by Crippen LogP contribution is -2.47. The molecule has 0 aromatic heterocycles. The lowest BCUT2D eigenvalue weighted by atomic mass is 9.76. The largest absolute Gasteiger partial charge is 0.393 e. The molecule has 0 amide bonds. The van der Waals surface area contributed by atoms with E-state index in [4.69, 9.17) is 0 Å². The van der Waals surface area contributed by atoms with E-state index in [1.54, 1.807) is 0 Å². The molecule has 3 aliphatic rings. The molecule has 3 nitrogen and oxygen atoms in total. The Balaban J connectivity index is 0.00000161. The topological polar surface area (TPSA) is 35.5 Å². The monoisotopic (exact) mass is 316 g/mol. The van der Waals surface area contributed by atoms with E-state index in [2.05, 4.69) is 17.1 Å². The van der Waals surface area contributed by atoms with Gasteiger partial charge in [-0.05, 0) is 76.4 Å². The van der Waals surface area contributed by atoms with Gasteiger partial charge in [-0.25, -0.2) is 0 Å². The van der Waals surface area contributed by atoms with Gasteiger partial charge in [0.15, 0.2) is 0 Å². The SMILES string of the molecule is CC1CCC(O)C(C2CCCN2CC2CCCNC2)C1.Cl. The van der Waals surface area contributed by atoms with Crippen LogP contribution >= 0.6 is 12.4 Å². The second-order valence-electron chi connectivity index (χ2n) is 7.57. The summed E-state index contributed by atoms with van der Waals surface area (Å²) >= 11 is 0. The van der Waals surface area contributed by atoms with Gasteiger partial charge < -0.3 is 10.4 Å². The van der Waals surface area contributed by atoms with Gasteiger partial charge in [-0.2, -0.15) is 0 Å². The van der Waals surface area contributed by atoms with Crippen LogP contribution in [0.15, 0.2) is 0 Å². The van der Waals surface area contributed by atoms with E-state index in [1.807, 2.05) is 0 Å². The third-order valence-corrected chi connectivity index (χ3v) is 5.92. The summed E-state index contributed by atoms with van der Waals surface area (Å²) < 4.78 is 0. The molecule has 5 atom stereocenters. The second kappa shape index (κ2) is 8.14. The number of halogens is 1. The lowest BCUT2D eigenvalue weighted by molar-refractivity contribution is 0.00340. The van der Waals surface area contributed by atoms with Crippen molar-refractivity contribution in [2.45, 2.75) is 64.0 Å². The third kappa shape index (κ3) is 4.34. The number of likely N-dealkylation sites (tertiary alicyclic amines) is 1. The lowest BCUT2D eigenvalue weighted by Gasteiger charge is -2.40. The molecule has 0 aromatic carbocycles. The molecule has 2 aliphatic heterocycles. The average Bonchev–Trinajstić information content (AvgIpc) is 2.91. The highest BCUT2D eigenvalue weighted by molar-refractivity contribution is 5.85. The number of piperidine rings is 1. The minimum Gasteiger partial charge on any atom is -0.393 e. The van der Waals surface area contributed by atoms with E-state index in [1.165, 1.54) is 64.7 Å². The molecule has 21 heavy (non-hydrogen) atoms. The van der Waals surface area contributed by atoms with Gasteiger partial charge in [-0.3, -0.25) is 4.90 Å². The van der Waals surface area contributed by atoms with Gasteiger partial charge in [-0.1, -0.05) is 6.92 Å². The number of nitrogens with zero attached hydrogens (tertiary/aromatic N) is 1. The van der Waals surface area contributed by atoms with Crippen LogP contribution in [0.1, 0.15) is 51.9 Å². The zero-order valence-electron chi connectivity index (χ0n) is 13.5. The van der Waals surface area contributed by atoms with Crippen molar-refractivity contribution in [1.82, 2.24) is 10.2 Å². The van der Waals surface area contributed by atoms with E-state index in [9.17, 15) is 5.11 Å². The molecule has 1 aliphatic carbocycles. The Kier molecular flexibility index (Phi) is 6.79. The highest BCUT2D eigenvalue weighted by atomic mass is 35.5. The van der Waals surface area contributed by atoms with Gasteiger partial charge in [0.2, 0.25) is 0 Å². The van der Waals surface area contributed by atoms with Crippen LogP contribution in [0.2, 0.25) is 0 Å². The number of hydrogen-bond acceptors (Lipinski definition) is 3. The summed E-state index contributed by atoms with van der Waals surface area (Å²) in [7, 11) is 0. The number of aliphatic hydroxyl groups excluding tert-OH is 1. The fraction of sp³-hybridized carbons (Fsp3) is 1.00. The van der Waals surface area contributed by atoms with Gasteiger partial charge >= 0.3 is 0 Å². The van der Waals surface area contributed by atoms with Crippen LogP contribution in [0.3, 0.4) is 0 Å². The summed E-state index contributed by atoms with van der Waals surface area (Å²) in [6.07, 6.45) is 8.83. The molecular weight excluding hydrogens is 284 g/mol. The molecule has 2 N–H and O–H groups in total. The molecule has 124 valence electrons.